The molecule has 2 fully saturated rings. The van der Waals surface area contributed by atoms with Crippen LogP contribution in [-0.4, -0.2) is 56.9 Å². The SMILES string of the molecule is Cc1ncc2c(N3CCC(C(N)=O)(N4CCCCC4)CC3)nccn12. The fourth-order valence-electron chi connectivity index (χ4n) is 4.42. The first-order valence-electron chi connectivity index (χ1n) is 9.20. The molecule has 7 nitrogen and oxygen atoms in total. The van der Waals surface area contributed by atoms with Crippen LogP contribution in [0, 0.1) is 6.92 Å². The van der Waals surface area contributed by atoms with Crippen LogP contribution in [0.4, 0.5) is 5.82 Å². The average Bonchev–Trinajstić information content (AvgIpc) is 3.04. The Labute approximate surface area is 147 Å². The molecule has 0 aromatic carbocycles. The van der Waals surface area contributed by atoms with E-state index in [1.165, 1.54) is 6.42 Å². The van der Waals surface area contributed by atoms with E-state index in [9.17, 15) is 4.79 Å². The molecule has 0 bridgehead atoms. The maximum Gasteiger partial charge on any atom is 0.238 e. The van der Waals surface area contributed by atoms with E-state index < -0.39 is 5.54 Å². The van der Waals surface area contributed by atoms with E-state index in [0.29, 0.717) is 0 Å². The standard InChI is InChI=1S/C18H26N6O/c1-14-21-13-15-16(20-7-12-24(14)15)22-10-5-18(6-11-22,17(19)25)23-8-3-2-4-9-23/h7,12-13H,2-6,8-11H2,1H3,(H2,19,25). The van der Waals surface area contributed by atoms with Crippen molar-refractivity contribution in [2.24, 2.45) is 5.73 Å². The van der Waals surface area contributed by atoms with Gasteiger partial charge in [-0.15, -0.1) is 0 Å². The van der Waals surface area contributed by atoms with Crippen molar-refractivity contribution in [3.63, 3.8) is 0 Å². The second-order valence-electron chi connectivity index (χ2n) is 7.24. The van der Waals surface area contributed by atoms with Gasteiger partial charge in [0.1, 0.15) is 16.9 Å². The Balaban J connectivity index is 1.58. The number of anilines is 1. The van der Waals surface area contributed by atoms with Crippen LogP contribution in [0.1, 0.15) is 37.9 Å². The number of imidazole rings is 1. The number of hydrogen-bond donors (Lipinski definition) is 1. The quantitative estimate of drug-likeness (QED) is 0.911. The van der Waals surface area contributed by atoms with E-state index in [-0.39, 0.29) is 5.91 Å². The number of piperidine rings is 2. The molecule has 0 unspecified atom stereocenters. The zero-order chi connectivity index (χ0) is 17.4. The lowest BCUT2D eigenvalue weighted by atomic mass is 9.83. The van der Waals surface area contributed by atoms with E-state index in [1.807, 2.05) is 25.5 Å². The fourth-order valence-corrected chi connectivity index (χ4v) is 4.42. The molecule has 134 valence electrons. The largest absolute Gasteiger partial charge is 0.368 e. The lowest BCUT2D eigenvalue weighted by Gasteiger charge is -2.48. The smallest absolute Gasteiger partial charge is 0.238 e. The van der Waals surface area contributed by atoms with Gasteiger partial charge in [0.15, 0.2) is 5.82 Å². The van der Waals surface area contributed by atoms with Gasteiger partial charge < -0.3 is 10.6 Å². The Morgan fingerprint density at radius 2 is 1.84 bits per heavy atom. The topological polar surface area (TPSA) is 79.8 Å². The Morgan fingerprint density at radius 3 is 2.52 bits per heavy atom. The van der Waals surface area contributed by atoms with E-state index in [2.05, 4.69) is 24.2 Å². The summed E-state index contributed by atoms with van der Waals surface area (Å²) in [6, 6.07) is 0. The predicted octanol–water partition coefficient (Wildman–Crippen LogP) is 1.35. The van der Waals surface area contributed by atoms with Gasteiger partial charge in [-0.05, 0) is 45.7 Å². The second-order valence-corrected chi connectivity index (χ2v) is 7.24. The van der Waals surface area contributed by atoms with Crippen molar-refractivity contribution in [1.29, 1.82) is 0 Å². The first kappa shape index (κ1) is 16.3. The summed E-state index contributed by atoms with van der Waals surface area (Å²) in [5.74, 6) is 1.73. The van der Waals surface area contributed by atoms with Crippen LogP contribution < -0.4 is 10.6 Å². The second kappa shape index (κ2) is 6.29. The van der Waals surface area contributed by atoms with Gasteiger partial charge in [0, 0.05) is 25.5 Å². The first-order chi connectivity index (χ1) is 12.1. The summed E-state index contributed by atoms with van der Waals surface area (Å²) in [5.41, 5.74) is 6.41. The minimum atomic E-state index is -0.488. The molecule has 25 heavy (non-hydrogen) atoms. The number of hydrogen-bond acceptors (Lipinski definition) is 5. The number of rotatable bonds is 3. The number of nitrogens with zero attached hydrogens (tertiary/aromatic N) is 5. The van der Waals surface area contributed by atoms with Gasteiger partial charge in [0.2, 0.25) is 5.91 Å². The molecular formula is C18H26N6O. The molecule has 0 atom stereocenters. The van der Waals surface area contributed by atoms with Gasteiger partial charge in [-0.2, -0.15) is 0 Å². The van der Waals surface area contributed by atoms with Crippen molar-refractivity contribution < 1.29 is 4.79 Å². The van der Waals surface area contributed by atoms with Crippen LogP contribution >= 0.6 is 0 Å². The molecular weight excluding hydrogens is 316 g/mol. The third-order valence-electron chi connectivity index (χ3n) is 5.93. The average molecular weight is 342 g/mol. The van der Waals surface area contributed by atoms with Crippen LogP contribution in [0.2, 0.25) is 0 Å². The molecule has 2 aromatic heterocycles. The normalized spacial score (nSPS) is 21.6. The third-order valence-corrected chi connectivity index (χ3v) is 5.93. The molecule has 2 aliphatic rings. The van der Waals surface area contributed by atoms with Crippen LogP contribution in [0.3, 0.4) is 0 Å². The zero-order valence-electron chi connectivity index (χ0n) is 14.8. The Bertz CT molecular complexity index is 771. The first-order valence-corrected chi connectivity index (χ1v) is 9.20. The monoisotopic (exact) mass is 342 g/mol. The van der Waals surface area contributed by atoms with Crippen molar-refractivity contribution in [1.82, 2.24) is 19.3 Å². The van der Waals surface area contributed by atoms with Crippen molar-refractivity contribution in [2.75, 3.05) is 31.1 Å². The van der Waals surface area contributed by atoms with Crippen molar-refractivity contribution in [2.45, 2.75) is 44.6 Å². The number of primary amides is 1. The van der Waals surface area contributed by atoms with Gasteiger partial charge in [-0.25, -0.2) is 9.97 Å². The Hall–Kier alpha value is -2.15. The fraction of sp³-hybridized carbons (Fsp3) is 0.611. The highest BCUT2D eigenvalue weighted by molar-refractivity contribution is 5.85. The molecule has 0 spiro atoms. The molecule has 0 saturated carbocycles. The molecule has 4 rings (SSSR count). The van der Waals surface area contributed by atoms with Crippen molar-refractivity contribution in [3.8, 4) is 0 Å². The van der Waals surface area contributed by atoms with E-state index in [1.54, 1.807) is 0 Å². The van der Waals surface area contributed by atoms with Crippen LogP contribution in [0.15, 0.2) is 18.6 Å². The number of amides is 1. The van der Waals surface area contributed by atoms with Crippen LogP contribution in [0.25, 0.3) is 5.52 Å². The van der Waals surface area contributed by atoms with E-state index in [0.717, 1.165) is 69.0 Å². The molecule has 2 N–H and O–H groups in total. The highest BCUT2D eigenvalue weighted by atomic mass is 16.1. The third kappa shape index (κ3) is 2.66. The maximum atomic E-state index is 12.4. The summed E-state index contributed by atoms with van der Waals surface area (Å²) >= 11 is 0. The summed E-state index contributed by atoms with van der Waals surface area (Å²) in [7, 11) is 0. The van der Waals surface area contributed by atoms with Gasteiger partial charge in [-0.1, -0.05) is 6.42 Å². The number of fused-ring (bicyclic) bond motifs is 1. The molecule has 2 aromatic rings. The zero-order valence-corrected chi connectivity index (χ0v) is 14.8. The molecule has 0 radical (unpaired) electrons. The summed E-state index contributed by atoms with van der Waals surface area (Å²) < 4.78 is 2.06. The van der Waals surface area contributed by atoms with Crippen molar-refractivity contribution in [3.05, 3.63) is 24.4 Å². The summed E-state index contributed by atoms with van der Waals surface area (Å²) in [6.45, 7) is 5.53. The Kier molecular flexibility index (Phi) is 4.11. The number of carbonyl (C=O) groups is 1. The molecule has 1 amide bonds. The van der Waals surface area contributed by atoms with Gasteiger partial charge >= 0.3 is 0 Å². The molecule has 2 aliphatic heterocycles. The van der Waals surface area contributed by atoms with Gasteiger partial charge in [-0.3, -0.25) is 14.1 Å². The lowest BCUT2D eigenvalue weighted by Crippen LogP contribution is -2.63. The number of likely N-dealkylation sites (tertiary alicyclic amines) is 1. The van der Waals surface area contributed by atoms with Crippen molar-refractivity contribution >= 4 is 17.2 Å². The molecule has 2 saturated heterocycles. The summed E-state index contributed by atoms with van der Waals surface area (Å²) in [4.78, 5) is 26.0. The van der Waals surface area contributed by atoms with Crippen LogP contribution in [0.5, 0.6) is 0 Å². The molecule has 4 heterocycles. The maximum absolute atomic E-state index is 12.4. The molecule has 7 heteroatoms. The van der Waals surface area contributed by atoms with E-state index >= 15 is 0 Å². The summed E-state index contributed by atoms with van der Waals surface area (Å²) in [5, 5.41) is 0. The van der Waals surface area contributed by atoms with Crippen LogP contribution in [-0.2, 0) is 4.79 Å². The summed E-state index contributed by atoms with van der Waals surface area (Å²) in [6.07, 6.45) is 10.7. The van der Waals surface area contributed by atoms with Gasteiger partial charge in [0.05, 0.1) is 6.20 Å². The number of aromatic nitrogens is 3. The van der Waals surface area contributed by atoms with Gasteiger partial charge in [0.25, 0.3) is 0 Å². The highest BCUT2D eigenvalue weighted by Gasteiger charge is 2.45. The predicted molar refractivity (Wildman–Crippen MR) is 96.5 cm³/mol. The minimum absolute atomic E-state index is 0.166. The number of nitrogens with two attached hydrogens (primary N) is 1. The number of aryl methyl sites for hydroxylation is 1. The Morgan fingerprint density at radius 1 is 1.12 bits per heavy atom. The number of carbonyl (C=O) groups excluding carboxylic acids is 1. The van der Waals surface area contributed by atoms with E-state index in [4.69, 9.17) is 5.73 Å². The molecule has 0 aliphatic carbocycles. The lowest BCUT2D eigenvalue weighted by molar-refractivity contribution is -0.132. The minimum Gasteiger partial charge on any atom is -0.368 e. The highest BCUT2D eigenvalue weighted by Crippen LogP contribution is 2.33.